The SMILES string of the molecule is Cc1nc([C@@H]2CCCN2C(=O)Cc2ccc3c(c2)CCCO3)nc2c1CC(=O)N2CC(C)C. The van der Waals surface area contributed by atoms with Crippen LogP contribution < -0.4 is 9.64 Å². The maximum Gasteiger partial charge on any atom is 0.232 e. The van der Waals surface area contributed by atoms with Crippen molar-refractivity contribution in [2.45, 2.75) is 65.3 Å². The van der Waals surface area contributed by atoms with Gasteiger partial charge in [-0.25, -0.2) is 9.97 Å². The number of hydrogen-bond acceptors (Lipinski definition) is 5. The molecular weight excluding hydrogens is 416 g/mol. The Morgan fingerprint density at radius 2 is 2.09 bits per heavy atom. The van der Waals surface area contributed by atoms with Gasteiger partial charge in [-0.05, 0) is 55.7 Å². The zero-order valence-corrected chi connectivity index (χ0v) is 19.8. The number of benzene rings is 1. The molecular formula is C26H32N4O3. The third-order valence-corrected chi connectivity index (χ3v) is 6.84. The van der Waals surface area contributed by atoms with Crippen LogP contribution in [0.4, 0.5) is 5.82 Å². The van der Waals surface area contributed by atoms with Gasteiger partial charge in [0, 0.05) is 24.3 Å². The number of likely N-dealkylation sites (tertiary alicyclic amines) is 1. The van der Waals surface area contributed by atoms with Gasteiger partial charge in [-0.2, -0.15) is 0 Å². The molecule has 5 rings (SSSR count). The number of rotatable bonds is 5. The highest BCUT2D eigenvalue weighted by Crippen LogP contribution is 2.36. The Morgan fingerprint density at radius 1 is 1.24 bits per heavy atom. The first-order chi connectivity index (χ1) is 15.9. The molecule has 3 aliphatic heterocycles. The molecule has 1 fully saturated rings. The lowest BCUT2D eigenvalue weighted by molar-refractivity contribution is -0.131. The summed E-state index contributed by atoms with van der Waals surface area (Å²) in [5.74, 6) is 2.89. The molecule has 174 valence electrons. The second kappa shape index (κ2) is 8.76. The van der Waals surface area contributed by atoms with Crippen LogP contribution in [0.25, 0.3) is 0 Å². The van der Waals surface area contributed by atoms with E-state index in [9.17, 15) is 9.59 Å². The lowest BCUT2D eigenvalue weighted by Crippen LogP contribution is -2.34. The Labute approximate surface area is 195 Å². The van der Waals surface area contributed by atoms with Crippen molar-refractivity contribution >= 4 is 17.6 Å². The minimum Gasteiger partial charge on any atom is -0.493 e. The summed E-state index contributed by atoms with van der Waals surface area (Å²) in [6.45, 7) is 8.28. The van der Waals surface area contributed by atoms with Crippen molar-refractivity contribution in [2.75, 3.05) is 24.6 Å². The van der Waals surface area contributed by atoms with Gasteiger partial charge in [0.15, 0.2) is 5.82 Å². The minimum atomic E-state index is -0.140. The second-order valence-electron chi connectivity index (χ2n) is 9.86. The lowest BCUT2D eigenvalue weighted by Gasteiger charge is -2.26. The molecule has 0 bridgehead atoms. The quantitative estimate of drug-likeness (QED) is 0.699. The average molecular weight is 449 g/mol. The number of hydrogen-bond donors (Lipinski definition) is 0. The Kier molecular flexibility index (Phi) is 5.81. The minimum absolute atomic E-state index is 0.0870. The number of carbonyl (C=O) groups is 2. The highest BCUT2D eigenvalue weighted by molar-refractivity contribution is 6.00. The summed E-state index contributed by atoms with van der Waals surface area (Å²) >= 11 is 0. The van der Waals surface area contributed by atoms with E-state index in [0.29, 0.717) is 37.7 Å². The summed E-state index contributed by atoms with van der Waals surface area (Å²) in [7, 11) is 0. The van der Waals surface area contributed by atoms with Gasteiger partial charge in [-0.1, -0.05) is 26.0 Å². The number of amides is 2. The Hall–Kier alpha value is -2.96. The average Bonchev–Trinajstić information content (AvgIpc) is 3.39. The molecule has 1 aromatic carbocycles. The van der Waals surface area contributed by atoms with Crippen molar-refractivity contribution in [1.29, 1.82) is 0 Å². The molecule has 0 saturated carbocycles. The molecule has 0 N–H and O–H groups in total. The van der Waals surface area contributed by atoms with E-state index in [1.54, 1.807) is 4.90 Å². The summed E-state index contributed by atoms with van der Waals surface area (Å²) < 4.78 is 5.71. The fraction of sp³-hybridized carbons (Fsp3) is 0.538. The van der Waals surface area contributed by atoms with Crippen LogP contribution in [-0.2, 0) is 28.9 Å². The third kappa shape index (κ3) is 4.21. The first kappa shape index (κ1) is 21.9. The van der Waals surface area contributed by atoms with Crippen LogP contribution in [0, 0.1) is 12.8 Å². The highest BCUT2D eigenvalue weighted by Gasteiger charge is 2.36. The van der Waals surface area contributed by atoms with Crippen molar-refractivity contribution in [1.82, 2.24) is 14.9 Å². The predicted molar refractivity (Wildman–Crippen MR) is 125 cm³/mol. The monoisotopic (exact) mass is 448 g/mol. The molecule has 1 saturated heterocycles. The number of ether oxygens (including phenoxy) is 1. The first-order valence-electron chi connectivity index (χ1n) is 12.1. The van der Waals surface area contributed by atoms with Gasteiger partial charge in [0.1, 0.15) is 11.6 Å². The van der Waals surface area contributed by atoms with Crippen molar-refractivity contribution in [3.05, 3.63) is 46.4 Å². The molecule has 0 radical (unpaired) electrons. The summed E-state index contributed by atoms with van der Waals surface area (Å²) in [5.41, 5.74) is 3.99. The zero-order valence-electron chi connectivity index (χ0n) is 19.8. The Bertz CT molecular complexity index is 1100. The van der Waals surface area contributed by atoms with E-state index in [0.717, 1.165) is 60.7 Å². The van der Waals surface area contributed by atoms with Crippen LogP contribution in [-0.4, -0.2) is 46.4 Å². The molecule has 2 amide bonds. The van der Waals surface area contributed by atoms with E-state index < -0.39 is 0 Å². The van der Waals surface area contributed by atoms with E-state index in [4.69, 9.17) is 14.7 Å². The van der Waals surface area contributed by atoms with Crippen LogP contribution >= 0.6 is 0 Å². The molecule has 3 aliphatic rings. The van der Waals surface area contributed by atoms with Crippen LogP contribution in [0.1, 0.15) is 67.4 Å². The number of carbonyl (C=O) groups excluding carboxylic acids is 2. The lowest BCUT2D eigenvalue weighted by atomic mass is 10.0. The number of fused-ring (bicyclic) bond motifs is 2. The number of nitrogens with zero attached hydrogens (tertiary/aromatic N) is 4. The van der Waals surface area contributed by atoms with Gasteiger partial charge < -0.3 is 9.64 Å². The first-order valence-corrected chi connectivity index (χ1v) is 12.1. The second-order valence-corrected chi connectivity index (χ2v) is 9.86. The number of anilines is 1. The third-order valence-electron chi connectivity index (χ3n) is 6.84. The van der Waals surface area contributed by atoms with Crippen LogP contribution in [0.15, 0.2) is 18.2 Å². The Morgan fingerprint density at radius 3 is 2.91 bits per heavy atom. The molecule has 0 unspecified atom stereocenters. The zero-order chi connectivity index (χ0) is 23.1. The van der Waals surface area contributed by atoms with Crippen molar-refractivity contribution < 1.29 is 14.3 Å². The maximum atomic E-state index is 13.3. The molecule has 0 spiro atoms. The van der Waals surface area contributed by atoms with Crippen molar-refractivity contribution in [3.8, 4) is 5.75 Å². The molecule has 1 aromatic heterocycles. The summed E-state index contributed by atoms with van der Waals surface area (Å²) in [4.78, 5) is 39.3. The fourth-order valence-electron chi connectivity index (χ4n) is 5.23. The van der Waals surface area contributed by atoms with Crippen molar-refractivity contribution in [2.24, 2.45) is 5.92 Å². The van der Waals surface area contributed by atoms with E-state index in [2.05, 4.69) is 19.9 Å². The summed E-state index contributed by atoms with van der Waals surface area (Å²) in [5, 5.41) is 0. The maximum absolute atomic E-state index is 13.3. The van der Waals surface area contributed by atoms with Crippen LogP contribution in [0.5, 0.6) is 5.75 Å². The van der Waals surface area contributed by atoms with Gasteiger partial charge >= 0.3 is 0 Å². The van der Waals surface area contributed by atoms with Gasteiger partial charge in [-0.15, -0.1) is 0 Å². The summed E-state index contributed by atoms with van der Waals surface area (Å²) in [6.07, 6.45) is 4.53. The number of aryl methyl sites for hydroxylation is 2. The normalized spacial score (nSPS) is 19.6. The molecule has 7 heteroatoms. The van der Waals surface area contributed by atoms with Crippen LogP contribution in [0.2, 0.25) is 0 Å². The van der Waals surface area contributed by atoms with Gasteiger partial charge in [0.05, 0.1) is 25.5 Å². The van der Waals surface area contributed by atoms with E-state index in [-0.39, 0.29) is 17.9 Å². The van der Waals surface area contributed by atoms with Gasteiger partial charge in [0.25, 0.3) is 0 Å². The summed E-state index contributed by atoms with van der Waals surface area (Å²) in [6, 6.07) is 5.96. The fourth-order valence-corrected chi connectivity index (χ4v) is 5.23. The van der Waals surface area contributed by atoms with Gasteiger partial charge in [-0.3, -0.25) is 14.5 Å². The molecule has 4 heterocycles. The molecule has 1 atom stereocenters. The van der Waals surface area contributed by atoms with Gasteiger partial charge in [0.2, 0.25) is 11.8 Å². The molecule has 2 aromatic rings. The predicted octanol–water partition coefficient (Wildman–Crippen LogP) is 3.56. The highest BCUT2D eigenvalue weighted by atomic mass is 16.5. The smallest absolute Gasteiger partial charge is 0.232 e. The molecule has 0 aliphatic carbocycles. The van der Waals surface area contributed by atoms with E-state index in [1.165, 1.54) is 5.56 Å². The van der Waals surface area contributed by atoms with E-state index >= 15 is 0 Å². The van der Waals surface area contributed by atoms with Crippen molar-refractivity contribution in [3.63, 3.8) is 0 Å². The molecule has 33 heavy (non-hydrogen) atoms. The largest absolute Gasteiger partial charge is 0.493 e. The topological polar surface area (TPSA) is 75.6 Å². The standard InChI is InChI=1S/C26H32N4O3/c1-16(2)15-30-24(32)14-20-17(3)27-25(28-26(20)30)21-7-4-10-29(21)23(31)13-18-8-9-22-19(12-18)6-5-11-33-22/h8-9,12,16,21H,4-7,10-11,13-15H2,1-3H3/t21-/m0/s1. The van der Waals surface area contributed by atoms with Crippen LogP contribution in [0.3, 0.4) is 0 Å². The molecule has 7 nitrogen and oxygen atoms in total. The van der Waals surface area contributed by atoms with E-state index in [1.807, 2.05) is 24.0 Å². The number of aromatic nitrogens is 2. The Balaban J connectivity index is 1.38.